The van der Waals surface area contributed by atoms with Gasteiger partial charge in [0.1, 0.15) is 12.4 Å². The molecule has 0 saturated heterocycles. The summed E-state index contributed by atoms with van der Waals surface area (Å²) < 4.78 is 13.6. The Bertz CT molecular complexity index is 2030. The van der Waals surface area contributed by atoms with Crippen molar-refractivity contribution in [2.45, 2.75) is 26.0 Å². The average molecular weight is 595 g/mol. The molecule has 0 unspecified atom stereocenters. The molecule has 0 N–H and O–H groups in total. The van der Waals surface area contributed by atoms with Gasteiger partial charge in [-0.05, 0) is 52.6 Å². The minimum absolute atomic E-state index is 0.238. The molecule has 1 aliphatic heterocycles. The fourth-order valence-electron chi connectivity index (χ4n) is 5.28. The van der Waals surface area contributed by atoms with E-state index in [-0.39, 0.29) is 5.56 Å². The van der Waals surface area contributed by atoms with E-state index < -0.39 is 12.0 Å². The zero-order chi connectivity index (χ0) is 29.2. The molecule has 8 heteroatoms. The van der Waals surface area contributed by atoms with Gasteiger partial charge in [-0.1, -0.05) is 103 Å². The van der Waals surface area contributed by atoms with Crippen molar-refractivity contribution >= 4 is 45.8 Å². The number of carbonyl (C=O) groups excluding carboxylic acids is 1. The third-order valence-corrected chi connectivity index (χ3v) is 8.47. The highest BCUT2D eigenvalue weighted by Crippen LogP contribution is 2.32. The van der Waals surface area contributed by atoms with Crippen LogP contribution in [0.25, 0.3) is 16.8 Å². The van der Waals surface area contributed by atoms with Crippen LogP contribution in [-0.2, 0) is 16.1 Å². The second-order valence-electron chi connectivity index (χ2n) is 9.82. The molecule has 1 aliphatic rings. The molecular weight excluding hydrogens is 568 g/mol. The summed E-state index contributed by atoms with van der Waals surface area (Å²) in [6.45, 7) is 2.26. The lowest BCUT2D eigenvalue weighted by atomic mass is 9.95. The number of hydrogen-bond donors (Lipinski definition) is 0. The highest BCUT2D eigenvalue weighted by molar-refractivity contribution is 7.07. The van der Waals surface area contributed by atoms with E-state index in [0.717, 1.165) is 27.5 Å². The first-order chi connectivity index (χ1) is 20.5. The Labute approximate surface area is 251 Å². The molecule has 0 aliphatic carbocycles. The van der Waals surface area contributed by atoms with Crippen molar-refractivity contribution < 1.29 is 14.3 Å². The summed E-state index contributed by atoms with van der Waals surface area (Å²) in [6, 6.07) is 28.3. The molecular formula is C34H27ClN2O4S. The highest BCUT2D eigenvalue weighted by Gasteiger charge is 2.33. The molecule has 0 radical (unpaired) electrons. The monoisotopic (exact) mass is 594 g/mol. The lowest BCUT2D eigenvalue weighted by molar-refractivity contribution is -0.136. The van der Waals surface area contributed by atoms with Crippen LogP contribution < -0.4 is 19.6 Å². The number of fused-ring (bicyclic) bond motifs is 2. The van der Waals surface area contributed by atoms with Crippen molar-refractivity contribution in [2.75, 3.05) is 7.11 Å². The van der Waals surface area contributed by atoms with Crippen molar-refractivity contribution in [1.29, 1.82) is 0 Å². The number of benzene rings is 4. The van der Waals surface area contributed by atoms with Crippen LogP contribution in [0.5, 0.6) is 5.75 Å². The maximum Gasteiger partial charge on any atom is 0.338 e. The van der Waals surface area contributed by atoms with E-state index in [1.807, 2.05) is 104 Å². The van der Waals surface area contributed by atoms with E-state index in [1.165, 1.54) is 18.4 Å². The zero-order valence-electron chi connectivity index (χ0n) is 23.0. The molecule has 6 nitrogen and oxygen atoms in total. The van der Waals surface area contributed by atoms with E-state index >= 15 is 0 Å². The van der Waals surface area contributed by atoms with Gasteiger partial charge in [0.05, 0.1) is 29.0 Å². The normalized spacial score (nSPS) is 14.9. The lowest BCUT2D eigenvalue weighted by Gasteiger charge is -2.25. The number of hydrogen-bond acceptors (Lipinski definition) is 6. The summed E-state index contributed by atoms with van der Waals surface area (Å²) in [5.41, 5.74) is 3.28. The van der Waals surface area contributed by atoms with E-state index in [0.29, 0.717) is 44.4 Å². The Kier molecular flexibility index (Phi) is 7.78. The van der Waals surface area contributed by atoms with Gasteiger partial charge >= 0.3 is 5.97 Å². The standard InChI is InChI=1S/C34H27ClN2O4S/c1-3-27-30(33(39)40-2)31(23-12-5-4-6-13-23)37-32(38)29(42-34(37)36-27)19-26-25-15-8-7-11-22(25)16-17-28(26)41-20-21-10-9-14-24(35)18-21/h4-19,31H,3,20H2,1-2H3/b29-19+/t31-/m1/s1. The van der Waals surface area contributed by atoms with Gasteiger partial charge in [-0.15, -0.1) is 0 Å². The van der Waals surface area contributed by atoms with E-state index in [1.54, 1.807) is 4.57 Å². The molecule has 0 spiro atoms. The Balaban J connectivity index is 1.54. The van der Waals surface area contributed by atoms with Crippen molar-refractivity contribution in [3.05, 3.63) is 144 Å². The predicted molar refractivity (Wildman–Crippen MR) is 167 cm³/mol. The van der Waals surface area contributed by atoms with Gasteiger partial charge < -0.3 is 9.47 Å². The van der Waals surface area contributed by atoms with Crippen molar-refractivity contribution in [3.63, 3.8) is 0 Å². The first-order valence-electron chi connectivity index (χ1n) is 13.6. The number of thiazole rings is 1. The number of halogens is 1. The molecule has 0 saturated carbocycles. The first kappa shape index (κ1) is 27.7. The molecule has 5 aromatic rings. The van der Waals surface area contributed by atoms with Gasteiger partial charge in [-0.2, -0.15) is 0 Å². The number of methoxy groups -OCH3 is 1. The average Bonchev–Trinajstić information content (AvgIpc) is 3.33. The number of rotatable bonds is 7. The minimum atomic E-state index is -0.655. The summed E-state index contributed by atoms with van der Waals surface area (Å²) in [5, 5.41) is 2.62. The van der Waals surface area contributed by atoms with Gasteiger partial charge in [0.15, 0.2) is 4.80 Å². The van der Waals surface area contributed by atoms with Gasteiger partial charge in [0, 0.05) is 10.6 Å². The molecule has 0 bridgehead atoms. The van der Waals surface area contributed by atoms with Crippen LogP contribution in [0, 0.1) is 0 Å². The number of esters is 1. The summed E-state index contributed by atoms with van der Waals surface area (Å²) in [6.07, 6.45) is 2.39. The number of ether oxygens (including phenoxy) is 2. The number of allylic oxidation sites excluding steroid dienone is 1. The summed E-state index contributed by atoms with van der Waals surface area (Å²) in [4.78, 5) is 32.5. The second kappa shape index (κ2) is 11.8. The first-order valence-corrected chi connectivity index (χ1v) is 14.7. The van der Waals surface area contributed by atoms with Crippen LogP contribution in [0.1, 0.15) is 36.1 Å². The molecule has 0 fully saturated rings. The fourth-order valence-corrected chi connectivity index (χ4v) is 6.50. The fraction of sp³-hybridized carbons (Fsp3) is 0.147. The quantitative estimate of drug-likeness (QED) is 0.211. The molecule has 1 aromatic heterocycles. The van der Waals surface area contributed by atoms with Gasteiger partial charge in [-0.3, -0.25) is 9.36 Å². The van der Waals surface area contributed by atoms with Crippen LogP contribution in [0.2, 0.25) is 5.02 Å². The third kappa shape index (κ3) is 5.17. The number of nitrogens with zero attached hydrogens (tertiary/aromatic N) is 2. The molecule has 6 rings (SSSR count). The molecule has 2 heterocycles. The van der Waals surface area contributed by atoms with Crippen molar-refractivity contribution in [1.82, 2.24) is 4.57 Å². The van der Waals surface area contributed by atoms with Gasteiger partial charge in [0.25, 0.3) is 5.56 Å². The Morgan fingerprint density at radius 2 is 1.81 bits per heavy atom. The van der Waals surface area contributed by atoms with Crippen LogP contribution in [0.3, 0.4) is 0 Å². The largest absolute Gasteiger partial charge is 0.488 e. The Hall–Kier alpha value is -4.46. The summed E-state index contributed by atoms with van der Waals surface area (Å²) >= 11 is 7.49. The van der Waals surface area contributed by atoms with Crippen LogP contribution in [0.4, 0.5) is 0 Å². The number of carbonyl (C=O) groups is 1. The van der Waals surface area contributed by atoms with Crippen LogP contribution >= 0.6 is 22.9 Å². The smallest absolute Gasteiger partial charge is 0.338 e. The number of aromatic nitrogens is 1. The maximum atomic E-state index is 14.2. The second-order valence-corrected chi connectivity index (χ2v) is 11.3. The Morgan fingerprint density at radius 3 is 2.57 bits per heavy atom. The Morgan fingerprint density at radius 1 is 1.02 bits per heavy atom. The van der Waals surface area contributed by atoms with E-state index in [9.17, 15) is 9.59 Å². The third-order valence-electron chi connectivity index (χ3n) is 7.26. The van der Waals surface area contributed by atoms with E-state index in [4.69, 9.17) is 26.1 Å². The molecule has 0 amide bonds. The summed E-state index contributed by atoms with van der Waals surface area (Å²) in [7, 11) is 1.35. The van der Waals surface area contributed by atoms with Crippen LogP contribution in [-0.4, -0.2) is 17.6 Å². The predicted octanol–water partition coefficient (Wildman–Crippen LogP) is 6.18. The maximum absolute atomic E-state index is 14.2. The SMILES string of the molecule is CCC1=C(C(=O)OC)[C@@H](c2ccccc2)n2c(s/c(=C/c3c(OCc4cccc(Cl)c4)ccc4ccccc34)c2=O)=N1. The molecule has 4 aromatic carbocycles. The minimum Gasteiger partial charge on any atom is -0.488 e. The molecule has 42 heavy (non-hydrogen) atoms. The molecule has 1 atom stereocenters. The van der Waals surface area contributed by atoms with E-state index in [2.05, 4.69) is 0 Å². The highest BCUT2D eigenvalue weighted by atomic mass is 35.5. The topological polar surface area (TPSA) is 69.9 Å². The van der Waals surface area contributed by atoms with Crippen LogP contribution in [0.15, 0.2) is 112 Å². The van der Waals surface area contributed by atoms with Gasteiger partial charge in [-0.25, -0.2) is 9.79 Å². The van der Waals surface area contributed by atoms with Gasteiger partial charge in [0.2, 0.25) is 0 Å². The summed E-state index contributed by atoms with van der Waals surface area (Å²) in [5.74, 6) is 0.146. The zero-order valence-corrected chi connectivity index (χ0v) is 24.6. The lowest BCUT2D eigenvalue weighted by Crippen LogP contribution is -2.40. The van der Waals surface area contributed by atoms with Crippen molar-refractivity contribution in [3.8, 4) is 5.75 Å². The van der Waals surface area contributed by atoms with Crippen molar-refractivity contribution in [2.24, 2.45) is 4.99 Å². The molecule has 210 valence electrons.